The second-order valence-electron chi connectivity index (χ2n) is 6.71. The average Bonchev–Trinajstić information content (AvgIpc) is 2.35. The van der Waals surface area contributed by atoms with E-state index in [9.17, 15) is 0 Å². The zero-order valence-electron chi connectivity index (χ0n) is 12.0. The van der Waals surface area contributed by atoms with Gasteiger partial charge in [0.15, 0.2) is 0 Å². The van der Waals surface area contributed by atoms with Crippen LogP contribution in [-0.4, -0.2) is 15.7 Å². The van der Waals surface area contributed by atoms with E-state index in [4.69, 9.17) is 0 Å². The fourth-order valence-electron chi connectivity index (χ4n) is 3.70. The molecule has 3 aliphatic rings. The molecule has 18 heavy (non-hydrogen) atoms. The summed E-state index contributed by atoms with van der Waals surface area (Å²) < 4.78 is 2.64. The van der Waals surface area contributed by atoms with Crippen molar-refractivity contribution in [3.8, 4) is 0 Å². The molecule has 0 aromatic heterocycles. The Labute approximate surface area is 128 Å². The largest absolute Gasteiger partial charge is 0.244 e. The Kier molecular flexibility index (Phi) is 6.77. The highest BCUT2D eigenvalue weighted by Gasteiger charge is 2.26. The first-order valence-corrected chi connectivity index (χ1v) is 9.14. The maximum atomic E-state index is 2.64. The van der Waals surface area contributed by atoms with Crippen LogP contribution >= 0.6 is 22.9 Å². The molecule has 3 atom stereocenters. The average molecular weight is 363 g/mol. The van der Waals surface area contributed by atoms with Crippen LogP contribution in [0.3, 0.4) is 0 Å². The summed E-state index contributed by atoms with van der Waals surface area (Å²) in [6.45, 7) is 3.83. The molecule has 1 aliphatic carbocycles. The number of fused-ring (bicyclic) bond motifs is 11. The minimum Gasteiger partial charge on any atom is -0.244 e. The Balaban J connectivity index is 1.83. The van der Waals surface area contributed by atoms with E-state index in [1.807, 2.05) is 0 Å². The van der Waals surface area contributed by atoms with E-state index in [2.05, 4.69) is 32.9 Å². The normalized spacial score (nSPS) is 37.3. The monoisotopic (exact) mass is 363 g/mol. The van der Waals surface area contributed by atoms with E-state index in [-0.39, 0.29) is 0 Å². The molecule has 2 heterocycles. The van der Waals surface area contributed by atoms with Crippen LogP contribution in [0.5, 0.6) is 0 Å². The topological polar surface area (TPSA) is 3.24 Å². The van der Waals surface area contributed by atoms with Crippen molar-refractivity contribution in [3.05, 3.63) is 0 Å². The van der Waals surface area contributed by atoms with Crippen molar-refractivity contribution in [1.82, 2.24) is 3.11 Å². The van der Waals surface area contributed by atoms with Gasteiger partial charge in [0.05, 0.1) is 0 Å². The van der Waals surface area contributed by atoms with Crippen LogP contribution in [0, 0.1) is 11.8 Å². The smallest absolute Gasteiger partial charge is 0.0204 e. The highest BCUT2D eigenvalue weighted by Crippen LogP contribution is 2.32. The molecule has 1 saturated carbocycles. The Morgan fingerprint density at radius 2 is 1.50 bits per heavy atom. The molecule has 2 bridgehead atoms. The first kappa shape index (κ1) is 15.1. The summed E-state index contributed by atoms with van der Waals surface area (Å²) in [6, 6.07) is 0.892. The van der Waals surface area contributed by atoms with Crippen molar-refractivity contribution < 1.29 is 0 Å². The van der Waals surface area contributed by atoms with Crippen LogP contribution < -0.4 is 0 Å². The molecule has 0 N–H and O–H groups in total. The summed E-state index contributed by atoms with van der Waals surface area (Å²) in [5.41, 5.74) is 0. The Morgan fingerprint density at radius 1 is 0.778 bits per heavy atom. The molecule has 2 saturated heterocycles. The zero-order chi connectivity index (χ0) is 12.8. The van der Waals surface area contributed by atoms with Gasteiger partial charge in [-0.3, -0.25) is 0 Å². The molecule has 2 aliphatic heterocycles. The first-order valence-electron chi connectivity index (χ1n) is 8.18. The van der Waals surface area contributed by atoms with Crippen LogP contribution in [0.25, 0.3) is 0 Å². The van der Waals surface area contributed by atoms with Gasteiger partial charge < -0.3 is 0 Å². The second kappa shape index (κ2) is 8.08. The SMILES string of the molecule is CC1CCCCCCC2CCC(CCC1)CN2I. The molecule has 3 rings (SSSR count). The Morgan fingerprint density at radius 3 is 2.28 bits per heavy atom. The van der Waals surface area contributed by atoms with Crippen molar-refractivity contribution in [2.45, 2.75) is 83.6 Å². The number of piperidine rings is 1. The molecule has 0 radical (unpaired) electrons. The number of hydrogen-bond donors (Lipinski definition) is 0. The van der Waals surface area contributed by atoms with Gasteiger partial charge in [0.1, 0.15) is 0 Å². The standard InChI is InChI=1S/C16H30IN/c1-14-7-4-2-3-5-10-16-12-11-15(9-6-8-14)13-18(16)17/h14-16H,2-13H2,1H3. The van der Waals surface area contributed by atoms with E-state index < -0.39 is 0 Å². The highest BCUT2D eigenvalue weighted by atomic mass is 127. The lowest BCUT2D eigenvalue weighted by molar-refractivity contribution is 0.202. The highest BCUT2D eigenvalue weighted by molar-refractivity contribution is 14.1. The van der Waals surface area contributed by atoms with E-state index in [1.165, 1.54) is 77.2 Å². The van der Waals surface area contributed by atoms with Crippen molar-refractivity contribution in [2.24, 2.45) is 11.8 Å². The van der Waals surface area contributed by atoms with Gasteiger partial charge in [0.25, 0.3) is 0 Å². The molecular formula is C16H30IN. The first-order chi connectivity index (χ1) is 8.75. The second-order valence-corrected chi connectivity index (χ2v) is 7.95. The lowest BCUT2D eigenvalue weighted by Crippen LogP contribution is -2.36. The van der Waals surface area contributed by atoms with Gasteiger partial charge in [-0.2, -0.15) is 0 Å². The van der Waals surface area contributed by atoms with Gasteiger partial charge in [-0.15, -0.1) is 0 Å². The van der Waals surface area contributed by atoms with E-state index >= 15 is 0 Å². The minimum atomic E-state index is 0.892. The summed E-state index contributed by atoms with van der Waals surface area (Å²) >= 11 is 2.60. The van der Waals surface area contributed by atoms with Gasteiger partial charge in [0.2, 0.25) is 0 Å². The molecular weight excluding hydrogens is 333 g/mol. The lowest BCUT2D eigenvalue weighted by Gasteiger charge is -2.36. The molecule has 0 spiro atoms. The maximum absolute atomic E-state index is 2.64. The molecule has 3 fully saturated rings. The van der Waals surface area contributed by atoms with Gasteiger partial charge in [-0.1, -0.05) is 51.9 Å². The molecule has 106 valence electrons. The molecule has 1 nitrogen and oxygen atoms in total. The van der Waals surface area contributed by atoms with Crippen molar-refractivity contribution >= 4 is 22.9 Å². The number of halogens is 1. The van der Waals surface area contributed by atoms with Crippen molar-refractivity contribution in [3.63, 3.8) is 0 Å². The number of rotatable bonds is 0. The Hall–Kier alpha value is 0.690. The third-order valence-electron chi connectivity index (χ3n) is 5.03. The quantitative estimate of drug-likeness (QED) is 0.401. The summed E-state index contributed by atoms with van der Waals surface area (Å²) in [7, 11) is 0. The summed E-state index contributed by atoms with van der Waals surface area (Å²) in [5, 5.41) is 0. The molecule has 0 amide bonds. The predicted octanol–water partition coefficient (Wildman–Crippen LogP) is 5.58. The lowest BCUT2D eigenvalue weighted by atomic mass is 9.86. The number of nitrogens with zero attached hydrogens (tertiary/aromatic N) is 1. The molecule has 0 aromatic carbocycles. The van der Waals surface area contributed by atoms with Gasteiger partial charge >= 0.3 is 0 Å². The molecule has 0 aromatic rings. The third-order valence-corrected chi connectivity index (χ3v) is 6.21. The minimum absolute atomic E-state index is 0.892. The zero-order valence-corrected chi connectivity index (χ0v) is 14.2. The van der Waals surface area contributed by atoms with E-state index in [0.717, 1.165) is 17.9 Å². The van der Waals surface area contributed by atoms with Crippen LogP contribution in [0.2, 0.25) is 0 Å². The van der Waals surface area contributed by atoms with E-state index in [1.54, 1.807) is 0 Å². The number of hydrogen-bond acceptors (Lipinski definition) is 1. The van der Waals surface area contributed by atoms with Crippen LogP contribution in [0.1, 0.15) is 77.6 Å². The summed E-state index contributed by atoms with van der Waals surface area (Å²) in [5.74, 6) is 1.97. The van der Waals surface area contributed by atoms with Crippen molar-refractivity contribution in [1.29, 1.82) is 0 Å². The third kappa shape index (κ3) is 4.99. The van der Waals surface area contributed by atoms with Crippen molar-refractivity contribution in [2.75, 3.05) is 6.54 Å². The van der Waals surface area contributed by atoms with Gasteiger partial charge in [-0.05, 0) is 37.5 Å². The van der Waals surface area contributed by atoms with Crippen LogP contribution in [0.15, 0.2) is 0 Å². The van der Waals surface area contributed by atoms with Crippen LogP contribution in [-0.2, 0) is 0 Å². The summed E-state index contributed by atoms with van der Waals surface area (Å²) in [6.07, 6.45) is 16.2. The molecule has 3 unspecified atom stereocenters. The van der Waals surface area contributed by atoms with Gasteiger partial charge in [-0.25, -0.2) is 3.11 Å². The maximum Gasteiger partial charge on any atom is 0.0204 e. The van der Waals surface area contributed by atoms with Gasteiger partial charge in [0, 0.05) is 35.5 Å². The molecule has 2 heteroatoms. The predicted molar refractivity (Wildman–Crippen MR) is 88.0 cm³/mol. The fourth-order valence-corrected chi connectivity index (χ4v) is 4.82. The summed E-state index contributed by atoms with van der Waals surface area (Å²) in [4.78, 5) is 0. The fraction of sp³-hybridized carbons (Fsp3) is 1.00. The van der Waals surface area contributed by atoms with Crippen LogP contribution in [0.4, 0.5) is 0 Å². The van der Waals surface area contributed by atoms with E-state index in [0.29, 0.717) is 0 Å². The Bertz CT molecular complexity index is 229.